The summed E-state index contributed by atoms with van der Waals surface area (Å²) in [4.78, 5) is 4.31. The van der Waals surface area contributed by atoms with E-state index in [1.165, 1.54) is 0 Å². The fourth-order valence-electron chi connectivity index (χ4n) is 1.75. The Bertz CT molecular complexity index is 539. The minimum atomic E-state index is -0.771. The second kappa shape index (κ2) is 6.52. The minimum absolute atomic E-state index is 0.201. The van der Waals surface area contributed by atoms with E-state index in [0.29, 0.717) is 0 Å². The molecule has 0 aliphatic carbocycles. The maximum Gasteiger partial charge on any atom is 0.207 e. The van der Waals surface area contributed by atoms with Gasteiger partial charge in [-0.15, -0.1) is 0 Å². The predicted octanol–water partition coefficient (Wildman–Crippen LogP) is 2.78. The predicted molar refractivity (Wildman–Crippen MR) is 80.1 cm³/mol. The monoisotopic (exact) mass is 277 g/mol. The van der Waals surface area contributed by atoms with Gasteiger partial charge in [0, 0.05) is 46.9 Å². The van der Waals surface area contributed by atoms with Gasteiger partial charge in [-0.3, -0.25) is 4.21 Å². The first kappa shape index (κ1) is 13.8. The number of hydrogen-bond donors (Lipinski definition) is 1. The highest BCUT2D eigenvalue weighted by Gasteiger charge is 2.08. The van der Waals surface area contributed by atoms with Crippen molar-refractivity contribution >= 4 is 22.4 Å². The lowest BCUT2D eigenvalue weighted by atomic mass is 10.3. The van der Waals surface area contributed by atoms with Crippen LogP contribution in [0.2, 0.25) is 0 Å². The molecule has 1 aromatic carbocycles. The van der Waals surface area contributed by atoms with Crippen LogP contribution in [-0.2, 0) is 17.3 Å². The van der Waals surface area contributed by atoms with Crippen LogP contribution in [0, 0.1) is 0 Å². The maximum atomic E-state index is 11.3. The van der Waals surface area contributed by atoms with Crippen molar-refractivity contribution in [1.82, 2.24) is 9.55 Å². The van der Waals surface area contributed by atoms with E-state index < -0.39 is 10.8 Å². The Morgan fingerprint density at radius 1 is 1.37 bits per heavy atom. The molecule has 5 heteroatoms. The molecule has 0 fully saturated rings. The summed E-state index contributed by atoms with van der Waals surface area (Å²) < 4.78 is 13.4. The molecule has 1 heterocycles. The molecule has 2 aromatic rings. The van der Waals surface area contributed by atoms with Crippen LogP contribution < -0.4 is 5.32 Å². The average molecular weight is 277 g/mol. The third-order valence-electron chi connectivity index (χ3n) is 3.09. The number of nitrogens with one attached hydrogen (secondary N) is 1. The third-order valence-corrected chi connectivity index (χ3v) is 4.46. The van der Waals surface area contributed by atoms with Gasteiger partial charge >= 0.3 is 0 Å². The number of aryl methyl sites for hydroxylation is 1. The van der Waals surface area contributed by atoms with Crippen LogP contribution in [0.3, 0.4) is 0 Å². The number of para-hydroxylation sites is 1. The van der Waals surface area contributed by atoms with Gasteiger partial charge in [0.2, 0.25) is 5.95 Å². The zero-order valence-electron chi connectivity index (χ0n) is 11.2. The number of rotatable bonds is 6. The van der Waals surface area contributed by atoms with Gasteiger partial charge in [0.15, 0.2) is 0 Å². The quantitative estimate of drug-likeness (QED) is 0.883. The Balaban J connectivity index is 2.00. The number of benzene rings is 1. The lowest BCUT2D eigenvalue weighted by Crippen LogP contribution is -2.13. The fourth-order valence-corrected chi connectivity index (χ4v) is 2.19. The second-order valence-electron chi connectivity index (χ2n) is 4.53. The summed E-state index contributed by atoms with van der Waals surface area (Å²) in [6.45, 7) is 2.83. The molecule has 0 aliphatic rings. The summed E-state index contributed by atoms with van der Waals surface area (Å²) in [6.07, 6.45) is 6.35. The molecule has 102 valence electrons. The minimum Gasteiger partial charge on any atom is -0.326 e. The third kappa shape index (κ3) is 3.92. The zero-order chi connectivity index (χ0) is 13.7. The Hall–Kier alpha value is -1.62. The van der Waals surface area contributed by atoms with Gasteiger partial charge in [-0.05, 0) is 18.6 Å². The topological polar surface area (TPSA) is 46.9 Å². The van der Waals surface area contributed by atoms with E-state index in [4.69, 9.17) is 0 Å². The number of hydrogen-bond acceptors (Lipinski definition) is 3. The van der Waals surface area contributed by atoms with Gasteiger partial charge in [0.25, 0.3) is 0 Å². The normalized spacial score (nSPS) is 14.0. The van der Waals surface area contributed by atoms with E-state index in [1.54, 1.807) is 12.5 Å². The first-order valence-electron chi connectivity index (χ1n) is 6.32. The lowest BCUT2D eigenvalue weighted by molar-refractivity contribution is 0.623. The molecule has 0 radical (unpaired) electrons. The van der Waals surface area contributed by atoms with Gasteiger partial charge in [-0.2, -0.15) is 0 Å². The van der Waals surface area contributed by atoms with E-state index >= 15 is 0 Å². The Kier molecular flexibility index (Phi) is 4.74. The highest BCUT2D eigenvalue weighted by Crippen LogP contribution is 2.15. The lowest BCUT2D eigenvalue weighted by Gasteiger charge is -2.12. The summed E-state index contributed by atoms with van der Waals surface area (Å²) in [5.41, 5.74) is 1.02. The van der Waals surface area contributed by atoms with Gasteiger partial charge < -0.3 is 9.88 Å². The van der Waals surface area contributed by atoms with Crippen molar-refractivity contribution in [2.45, 2.75) is 25.1 Å². The van der Waals surface area contributed by atoms with Gasteiger partial charge in [-0.25, -0.2) is 4.98 Å². The molecule has 0 aliphatic heterocycles. The number of anilines is 2. The van der Waals surface area contributed by atoms with E-state index in [9.17, 15) is 4.21 Å². The molecule has 1 aromatic heterocycles. The van der Waals surface area contributed by atoms with Gasteiger partial charge in [0.05, 0.1) is 0 Å². The van der Waals surface area contributed by atoms with Crippen LogP contribution in [0.4, 0.5) is 11.6 Å². The van der Waals surface area contributed by atoms with Crippen molar-refractivity contribution in [3.8, 4) is 0 Å². The fraction of sp³-hybridized carbons (Fsp3) is 0.357. The number of imidazole rings is 1. The molecule has 0 bridgehead atoms. The highest BCUT2D eigenvalue weighted by molar-refractivity contribution is 7.84. The molecule has 2 atom stereocenters. The smallest absolute Gasteiger partial charge is 0.207 e. The van der Waals surface area contributed by atoms with Gasteiger partial charge in [0.1, 0.15) is 0 Å². The van der Waals surface area contributed by atoms with Crippen LogP contribution in [0.5, 0.6) is 0 Å². The van der Waals surface area contributed by atoms with Crippen molar-refractivity contribution in [2.24, 2.45) is 0 Å². The van der Waals surface area contributed by atoms with E-state index in [1.807, 2.05) is 43.5 Å². The summed E-state index contributed by atoms with van der Waals surface area (Å²) in [7, 11) is -0.771. The molecule has 0 spiro atoms. The van der Waals surface area contributed by atoms with Crippen molar-refractivity contribution in [3.05, 3.63) is 42.7 Å². The van der Waals surface area contributed by atoms with Crippen molar-refractivity contribution < 1.29 is 4.21 Å². The first-order valence-corrected chi connectivity index (χ1v) is 7.94. The van der Waals surface area contributed by atoms with Crippen LogP contribution in [0.25, 0.3) is 0 Å². The summed E-state index contributed by atoms with van der Waals surface area (Å²) in [6, 6.07) is 9.96. The molecular formula is C14H19N3OS. The maximum absolute atomic E-state index is 11.3. The molecule has 2 unspecified atom stereocenters. The summed E-state index contributed by atoms with van der Waals surface area (Å²) in [5, 5.41) is 3.48. The first-order chi connectivity index (χ1) is 9.16. The van der Waals surface area contributed by atoms with E-state index in [0.717, 1.165) is 24.6 Å². The molecule has 19 heavy (non-hydrogen) atoms. The Morgan fingerprint density at radius 3 is 2.79 bits per heavy atom. The van der Waals surface area contributed by atoms with Crippen LogP contribution >= 0.6 is 0 Å². The number of aromatic nitrogens is 2. The number of nitrogens with zero attached hydrogens (tertiary/aromatic N) is 2. The molecule has 0 saturated carbocycles. The van der Waals surface area contributed by atoms with E-state index in [2.05, 4.69) is 14.9 Å². The van der Waals surface area contributed by atoms with Crippen LogP contribution in [-0.4, -0.2) is 25.3 Å². The molecule has 0 amide bonds. The molecule has 2 rings (SSSR count). The zero-order valence-corrected chi connectivity index (χ0v) is 12.1. The molecular weight excluding hydrogens is 258 g/mol. The average Bonchev–Trinajstić information content (AvgIpc) is 2.84. The van der Waals surface area contributed by atoms with Crippen molar-refractivity contribution in [2.75, 3.05) is 11.6 Å². The standard InChI is InChI=1S/C14H19N3OS/c1-12(19(2)18)8-10-17-11-9-15-14(17)16-13-6-4-3-5-7-13/h3-7,9,11-12H,8,10H2,1-2H3,(H,15,16). The van der Waals surface area contributed by atoms with Crippen LogP contribution in [0.15, 0.2) is 42.7 Å². The van der Waals surface area contributed by atoms with Crippen molar-refractivity contribution in [1.29, 1.82) is 0 Å². The summed E-state index contributed by atoms with van der Waals surface area (Å²) in [5.74, 6) is 0.820. The molecule has 4 nitrogen and oxygen atoms in total. The largest absolute Gasteiger partial charge is 0.326 e. The Labute approximate surface area is 116 Å². The SMILES string of the molecule is CC(CCn1ccnc1Nc1ccccc1)S(C)=O. The molecule has 1 N–H and O–H groups in total. The van der Waals surface area contributed by atoms with Crippen LogP contribution in [0.1, 0.15) is 13.3 Å². The second-order valence-corrected chi connectivity index (χ2v) is 6.34. The van der Waals surface area contributed by atoms with Crippen molar-refractivity contribution in [3.63, 3.8) is 0 Å². The highest BCUT2D eigenvalue weighted by atomic mass is 32.2. The molecule has 0 saturated heterocycles. The summed E-state index contributed by atoms with van der Waals surface area (Å²) >= 11 is 0. The van der Waals surface area contributed by atoms with E-state index in [-0.39, 0.29) is 5.25 Å². The van der Waals surface area contributed by atoms with Gasteiger partial charge in [-0.1, -0.05) is 25.1 Å². The Morgan fingerprint density at radius 2 is 2.11 bits per heavy atom.